The average molecular weight is 231 g/mol. The van der Waals surface area contributed by atoms with Gasteiger partial charge in [-0.15, -0.1) is 0 Å². The van der Waals surface area contributed by atoms with Crippen molar-refractivity contribution in [1.82, 2.24) is 14.9 Å². The third kappa shape index (κ3) is 1.94. The zero-order valence-electron chi connectivity index (χ0n) is 10.0. The summed E-state index contributed by atoms with van der Waals surface area (Å²) in [6.45, 7) is 5.58. The van der Waals surface area contributed by atoms with E-state index in [4.69, 9.17) is 4.74 Å². The summed E-state index contributed by atoms with van der Waals surface area (Å²) in [6, 6.07) is 8.79. The quantitative estimate of drug-likeness (QED) is 0.867. The van der Waals surface area contributed by atoms with Crippen molar-refractivity contribution in [2.45, 2.75) is 26.1 Å². The molecule has 1 aromatic carbocycles. The molecule has 0 radical (unpaired) electrons. The van der Waals surface area contributed by atoms with Crippen LogP contribution in [0.4, 0.5) is 0 Å². The SMILES string of the molecule is CCn1c(CNC2COC2)nc2ccccc21. The summed E-state index contributed by atoms with van der Waals surface area (Å²) in [5, 5.41) is 3.46. The van der Waals surface area contributed by atoms with Gasteiger partial charge in [0.25, 0.3) is 0 Å². The van der Waals surface area contributed by atoms with Crippen LogP contribution in [0.1, 0.15) is 12.7 Å². The van der Waals surface area contributed by atoms with Crippen molar-refractivity contribution in [2.75, 3.05) is 13.2 Å². The first-order chi connectivity index (χ1) is 8.38. The molecule has 1 aliphatic rings. The third-order valence-electron chi connectivity index (χ3n) is 3.24. The lowest BCUT2D eigenvalue weighted by Crippen LogP contribution is -2.45. The molecule has 0 spiro atoms. The molecule has 1 N–H and O–H groups in total. The largest absolute Gasteiger partial charge is 0.378 e. The van der Waals surface area contributed by atoms with Crippen LogP contribution in [-0.2, 0) is 17.8 Å². The Bertz CT molecular complexity index is 516. The lowest BCUT2D eigenvalue weighted by molar-refractivity contribution is -0.00613. The number of imidazole rings is 1. The van der Waals surface area contributed by atoms with Crippen LogP contribution in [0.5, 0.6) is 0 Å². The van der Waals surface area contributed by atoms with Gasteiger partial charge in [-0.25, -0.2) is 4.98 Å². The summed E-state index contributed by atoms with van der Waals surface area (Å²) in [4.78, 5) is 4.67. The van der Waals surface area contributed by atoms with Gasteiger partial charge in [0.05, 0.1) is 36.8 Å². The smallest absolute Gasteiger partial charge is 0.123 e. The van der Waals surface area contributed by atoms with Crippen LogP contribution in [0.3, 0.4) is 0 Å². The van der Waals surface area contributed by atoms with E-state index in [1.54, 1.807) is 0 Å². The van der Waals surface area contributed by atoms with E-state index in [2.05, 4.69) is 40.0 Å². The molecular formula is C13H17N3O. The van der Waals surface area contributed by atoms with Gasteiger partial charge in [0.15, 0.2) is 0 Å². The standard InChI is InChI=1S/C13H17N3O/c1-2-16-12-6-4-3-5-11(12)15-13(16)7-14-10-8-17-9-10/h3-6,10,14H,2,7-9H2,1H3. The highest BCUT2D eigenvalue weighted by atomic mass is 16.5. The van der Waals surface area contributed by atoms with Gasteiger partial charge < -0.3 is 14.6 Å². The van der Waals surface area contributed by atoms with Gasteiger partial charge in [-0.2, -0.15) is 0 Å². The number of ether oxygens (including phenoxy) is 1. The highest BCUT2D eigenvalue weighted by Gasteiger charge is 2.18. The van der Waals surface area contributed by atoms with E-state index >= 15 is 0 Å². The molecule has 1 aromatic heterocycles. The average Bonchev–Trinajstić information content (AvgIpc) is 2.64. The van der Waals surface area contributed by atoms with Crippen LogP contribution in [0, 0.1) is 0 Å². The lowest BCUT2D eigenvalue weighted by atomic mass is 10.2. The predicted molar refractivity (Wildman–Crippen MR) is 66.9 cm³/mol. The Morgan fingerprint density at radius 3 is 2.94 bits per heavy atom. The lowest BCUT2D eigenvalue weighted by Gasteiger charge is -2.26. The molecule has 0 saturated carbocycles. The Morgan fingerprint density at radius 2 is 2.24 bits per heavy atom. The van der Waals surface area contributed by atoms with Gasteiger partial charge in [-0.1, -0.05) is 12.1 Å². The maximum Gasteiger partial charge on any atom is 0.123 e. The molecule has 2 aromatic rings. The van der Waals surface area contributed by atoms with Crippen LogP contribution in [0.15, 0.2) is 24.3 Å². The number of aryl methyl sites for hydroxylation is 1. The van der Waals surface area contributed by atoms with Crippen LogP contribution in [-0.4, -0.2) is 28.8 Å². The Balaban J connectivity index is 1.86. The number of hydrogen-bond donors (Lipinski definition) is 1. The molecule has 0 unspecified atom stereocenters. The second-order valence-electron chi connectivity index (χ2n) is 4.38. The van der Waals surface area contributed by atoms with Gasteiger partial charge in [-0.3, -0.25) is 0 Å². The van der Waals surface area contributed by atoms with Crippen LogP contribution in [0.25, 0.3) is 11.0 Å². The van der Waals surface area contributed by atoms with Crippen LogP contribution >= 0.6 is 0 Å². The first kappa shape index (κ1) is 10.7. The number of aromatic nitrogens is 2. The molecule has 17 heavy (non-hydrogen) atoms. The minimum atomic E-state index is 0.500. The van der Waals surface area contributed by atoms with Crippen molar-refractivity contribution in [3.63, 3.8) is 0 Å². The number of fused-ring (bicyclic) bond motifs is 1. The van der Waals surface area contributed by atoms with Crippen molar-refractivity contribution in [1.29, 1.82) is 0 Å². The van der Waals surface area contributed by atoms with Crippen molar-refractivity contribution in [3.05, 3.63) is 30.1 Å². The van der Waals surface area contributed by atoms with Crippen molar-refractivity contribution >= 4 is 11.0 Å². The fraction of sp³-hybridized carbons (Fsp3) is 0.462. The monoisotopic (exact) mass is 231 g/mol. The number of benzene rings is 1. The first-order valence-corrected chi connectivity index (χ1v) is 6.13. The van der Waals surface area contributed by atoms with Crippen molar-refractivity contribution in [3.8, 4) is 0 Å². The molecule has 0 aliphatic carbocycles. The number of hydrogen-bond acceptors (Lipinski definition) is 3. The van der Waals surface area contributed by atoms with Gasteiger partial charge in [-0.05, 0) is 19.1 Å². The number of rotatable bonds is 4. The summed E-state index contributed by atoms with van der Waals surface area (Å²) in [5.41, 5.74) is 2.30. The molecule has 2 heterocycles. The van der Waals surface area contributed by atoms with Gasteiger partial charge in [0.1, 0.15) is 5.82 Å². The maximum absolute atomic E-state index is 5.15. The predicted octanol–water partition coefficient (Wildman–Crippen LogP) is 1.54. The molecule has 3 rings (SSSR count). The molecule has 0 bridgehead atoms. The van der Waals surface area contributed by atoms with E-state index in [1.807, 2.05) is 6.07 Å². The van der Waals surface area contributed by atoms with E-state index < -0.39 is 0 Å². The van der Waals surface area contributed by atoms with Crippen molar-refractivity contribution in [2.24, 2.45) is 0 Å². The molecule has 4 heteroatoms. The molecule has 1 saturated heterocycles. The highest BCUT2D eigenvalue weighted by Crippen LogP contribution is 2.16. The Morgan fingerprint density at radius 1 is 1.41 bits per heavy atom. The molecule has 0 atom stereocenters. The fourth-order valence-electron chi connectivity index (χ4n) is 2.20. The second-order valence-corrected chi connectivity index (χ2v) is 4.38. The van der Waals surface area contributed by atoms with E-state index in [1.165, 1.54) is 5.52 Å². The summed E-state index contributed by atoms with van der Waals surface area (Å²) < 4.78 is 7.41. The zero-order chi connectivity index (χ0) is 11.7. The number of nitrogens with zero attached hydrogens (tertiary/aromatic N) is 2. The Hall–Kier alpha value is -1.39. The molecule has 4 nitrogen and oxygen atoms in total. The fourth-order valence-corrected chi connectivity index (χ4v) is 2.20. The van der Waals surface area contributed by atoms with Gasteiger partial charge in [0.2, 0.25) is 0 Å². The molecule has 90 valence electrons. The summed E-state index contributed by atoms with van der Waals surface area (Å²) in [6.07, 6.45) is 0. The number of para-hydroxylation sites is 2. The summed E-state index contributed by atoms with van der Waals surface area (Å²) in [7, 11) is 0. The van der Waals surface area contributed by atoms with Gasteiger partial charge >= 0.3 is 0 Å². The third-order valence-corrected chi connectivity index (χ3v) is 3.24. The Labute approximate surface area is 101 Å². The molecule has 1 aliphatic heterocycles. The summed E-state index contributed by atoms with van der Waals surface area (Å²) >= 11 is 0. The van der Waals surface area contributed by atoms with E-state index in [9.17, 15) is 0 Å². The molecule has 0 amide bonds. The normalized spacial score (nSPS) is 16.3. The minimum Gasteiger partial charge on any atom is -0.378 e. The van der Waals surface area contributed by atoms with E-state index in [0.29, 0.717) is 6.04 Å². The topological polar surface area (TPSA) is 39.1 Å². The van der Waals surface area contributed by atoms with Crippen LogP contribution < -0.4 is 5.32 Å². The van der Waals surface area contributed by atoms with E-state index in [0.717, 1.165) is 37.6 Å². The first-order valence-electron chi connectivity index (χ1n) is 6.13. The highest BCUT2D eigenvalue weighted by molar-refractivity contribution is 5.75. The number of nitrogens with one attached hydrogen (secondary N) is 1. The molecule has 1 fully saturated rings. The van der Waals surface area contributed by atoms with Crippen LogP contribution in [0.2, 0.25) is 0 Å². The van der Waals surface area contributed by atoms with Crippen molar-refractivity contribution < 1.29 is 4.74 Å². The summed E-state index contributed by atoms with van der Waals surface area (Å²) in [5.74, 6) is 1.11. The maximum atomic E-state index is 5.15. The van der Waals surface area contributed by atoms with E-state index in [-0.39, 0.29) is 0 Å². The minimum absolute atomic E-state index is 0.500. The second kappa shape index (κ2) is 4.47. The zero-order valence-corrected chi connectivity index (χ0v) is 10.0. The molecular weight excluding hydrogens is 214 g/mol. The Kier molecular flexibility index (Phi) is 2.82. The van der Waals surface area contributed by atoms with Gasteiger partial charge in [0, 0.05) is 6.54 Å².